The Hall–Kier alpha value is -1.86. The molecular formula is C15H23ClN4O3. The molecule has 1 aromatic carbocycles. The zero-order chi connectivity index (χ0) is 16.1. The average Bonchev–Trinajstić information content (AvgIpc) is 2.54. The number of piperazine rings is 1. The van der Waals surface area contributed by atoms with Crippen LogP contribution in [-0.4, -0.2) is 48.0 Å². The van der Waals surface area contributed by atoms with Gasteiger partial charge in [-0.25, -0.2) is 0 Å². The number of nitrogens with two attached hydrogens (primary N) is 1. The van der Waals surface area contributed by atoms with Crippen LogP contribution in [0.2, 0.25) is 0 Å². The average molecular weight is 343 g/mol. The summed E-state index contributed by atoms with van der Waals surface area (Å²) in [5, 5.41) is 11.1. The second kappa shape index (κ2) is 8.69. The molecule has 0 radical (unpaired) electrons. The molecule has 23 heavy (non-hydrogen) atoms. The van der Waals surface area contributed by atoms with Crippen LogP contribution in [0.1, 0.15) is 19.8 Å². The summed E-state index contributed by atoms with van der Waals surface area (Å²) in [5.41, 5.74) is 6.58. The SMILES string of the molecule is CCCC(N)C(=O)N1CCN(c2ccccc2[N+](=O)[O-])CC1.Cl. The van der Waals surface area contributed by atoms with Crippen molar-refractivity contribution in [1.82, 2.24) is 4.90 Å². The Morgan fingerprint density at radius 1 is 1.30 bits per heavy atom. The molecule has 1 aliphatic rings. The second-order valence-electron chi connectivity index (χ2n) is 5.45. The first kappa shape index (κ1) is 19.2. The first-order valence-electron chi connectivity index (χ1n) is 7.57. The molecule has 0 bridgehead atoms. The van der Waals surface area contributed by atoms with Crippen LogP contribution in [0.4, 0.5) is 11.4 Å². The number of halogens is 1. The lowest BCUT2D eigenvalue weighted by atomic mass is 10.1. The summed E-state index contributed by atoms with van der Waals surface area (Å²) < 4.78 is 0. The minimum Gasteiger partial charge on any atom is -0.362 e. The molecule has 1 amide bonds. The number of nitro benzene ring substituents is 1. The first-order chi connectivity index (χ1) is 10.5. The van der Waals surface area contributed by atoms with E-state index in [9.17, 15) is 14.9 Å². The van der Waals surface area contributed by atoms with Crippen molar-refractivity contribution < 1.29 is 9.72 Å². The number of carbonyl (C=O) groups excluding carboxylic acids is 1. The van der Waals surface area contributed by atoms with Crippen LogP contribution >= 0.6 is 12.4 Å². The fourth-order valence-corrected chi connectivity index (χ4v) is 2.72. The molecule has 1 heterocycles. The van der Waals surface area contributed by atoms with E-state index in [1.165, 1.54) is 6.07 Å². The highest BCUT2D eigenvalue weighted by Gasteiger charge is 2.27. The van der Waals surface area contributed by atoms with Crippen molar-refractivity contribution in [3.05, 3.63) is 34.4 Å². The van der Waals surface area contributed by atoms with Gasteiger partial charge in [-0.15, -0.1) is 12.4 Å². The summed E-state index contributed by atoms with van der Waals surface area (Å²) in [4.78, 5) is 26.6. The predicted octanol–water partition coefficient (Wildman–Crippen LogP) is 1.79. The smallest absolute Gasteiger partial charge is 0.292 e. The lowest BCUT2D eigenvalue weighted by molar-refractivity contribution is -0.384. The van der Waals surface area contributed by atoms with E-state index in [4.69, 9.17) is 5.73 Å². The summed E-state index contributed by atoms with van der Waals surface area (Å²) in [7, 11) is 0. The van der Waals surface area contributed by atoms with Gasteiger partial charge < -0.3 is 15.5 Å². The van der Waals surface area contributed by atoms with E-state index >= 15 is 0 Å². The number of hydrogen-bond donors (Lipinski definition) is 1. The Bertz CT molecular complexity index is 547. The van der Waals surface area contributed by atoms with Crippen LogP contribution in [0.15, 0.2) is 24.3 Å². The van der Waals surface area contributed by atoms with E-state index < -0.39 is 6.04 Å². The topological polar surface area (TPSA) is 92.7 Å². The van der Waals surface area contributed by atoms with Gasteiger partial charge in [0, 0.05) is 32.2 Å². The molecule has 0 aromatic heterocycles. The molecule has 1 saturated heterocycles. The second-order valence-corrected chi connectivity index (χ2v) is 5.45. The molecule has 2 N–H and O–H groups in total. The number of rotatable bonds is 5. The molecule has 1 fully saturated rings. The lowest BCUT2D eigenvalue weighted by Gasteiger charge is -2.36. The molecule has 1 atom stereocenters. The minimum atomic E-state index is -0.442. The number of para-hydroxylation sites is 2. The fourth-order valence-electron chi connectivity index (χ4n) is 2.72. The summed E-state index contributed by atoms with van der Waals surface area (Å²) >= 11 is 0. The maximum Gasteiger partial charge on any atom is 0.292 e. The monoisotopic (exact) mass is 342 g/mol. The van der Waals surface area contributed by atoms with Crippen LogP contribution in [0.25, 0.3) is 0 Å². The van der Waals surface area contributed by atoms with Crippen LogP contribution in [0, 0.1) is 10.1 Å². The molecule has 1 aliphatic heterocycles. The van der Waals surface area contributed by atoms with Crippen molar-refractivity contribution in [1.29, 1.82) is 0 Å². The maximum absolute atomic E-state index is 12.2. The first-order valence-corrected chi connectivity index (χ1v) is 7.57. The number of amides is 1. The highest BCUT2D eigenvalue weighted by molar-refractivity contribution is 5.85. The van der Waals surface area contributed by atoms with Crippen molar-refractivity contribution in [2.24, 2.45) is 5.73 Å². The molecule has 128 valence electrons. The van der Waals surface area contributed by atoms with Crippen LogP contribution in [-0.2, 0) is 4.79 Å². The largest absolute Gasteiger partial charge is 0.362 e. The zero-order valence-electron chi connectivity index (χ0n) is 13.2. The number of benzene rings is 1. The van der Waals surface area contributed by atoms with Crippen molar-refractivity contribution in [3.8, 4) is 0 Å². The maximum atomic E-state index is 12.2. The third-order valence-corrected chi connectivity index (χ3v) is 3.93. The van der Waals surface area contributed by atoms with Gasteiger partial charge in [-0.3, -0.25) is 14.9 Å². The molecule has 0 saturated carbocycles. The highest BCUT2D eigenvalue weighted by atomic mass is 35.5. The van der Waals surface area contributed by atoms with Crippen LogP contribution in [0.3, 0.4) is 0 Å². The highest BCUT2D eigenvalue weighted by Crippen LogP contribution is 2.28. The normalized spacial score (nSPS) is 15.7. The van der Waals surface area contributed by atoms with Crippen LogP contribution in [0.5, 0.6) is 0 Å². The number of carbonyl (C=O) groups is 1. The minimum absolute atomic E-state index is 0. The van der Waals surface area contributed by atoms with E-state index in [2.05, 4.69) is 0 Å². The van der Waals surface area contributed by atoms with Gasteiger partial charge >= 0.3 is 0 Å². The Balaban J connectivity index is 0.00000264. The van der Waals surface area contributed by atoms with E-state index in [0.717, 1.165) is 6.42 Å². The lowest BCUT2D eigenvalue weighted by Crippen LogP contribution is -2.53. The van der Waals surface area contributed by atoms with Gasteiger partial charge in [0.05, 0.1) is 11.0 Å². The summed E-state index contributed by atoms with van der Waals surface area (Å²) in [6.45, 7) is 4.25. The van der Waals surface area contributed by atoms with Crippen molar-refractivity contribution in [3.63, 3.8) is 0 Å². The molecule has 8 heteroatoms. The molecule has 0 spiro atoms. The van der Waals surface area contributed by atoms with E-state index in [-0.39, 0.29) is 28.9 Å². The standard InChI is InChI=1S/C15H22N4O3.ClH/c1-2-5-12(16)15(20)18-10-8-17(9-11-18)13-6-3-4-7-14(13)19(21)22;/h3-4,6-7,12H,2,5,8-11,16H2,1H3;1H. The number of anilines is 1. The quantitative estimate of drug-likeness (QED) is 0.650. The number of hydrogen-bond acceptors (Lipinski definition) is 5. The molecule has 0 aliphatic carbocycles. The van der Waals surface area contributed by atoms with Gasteiger partial charge in [0.1, 0.15) is 5.69 Å². The van der Waals surface area contributed by atoms with E-state index in [0.29, 0.717) is 38.3 Å². The van der Waals surface area contributed by atoms with Gasteiger partial charge in [-0.1, -0.05) is 25.5 Å². The third kappa shape index (κ3) is 4.56. The third-order valence-electron chi connectivity index (χ3n) is 3.93. The van der Waals surface area contributed by atoms with Gasteiger partial charge in [0.2, 0.25) is 5.91 Å². The molecule has 1 aromatic rings. The van der Waals surface area contributed by atoms with Gasteiger partial charge in [0.25, 0.3) is 5.69 Å². The Kier molecular flexibility index (Phi) is 7.25. The Morgan fingerprint density at radius 2 is 1.91 bits per heavy atom. The Labute approximate surface area is 142 Å². The summed E-state index contributed by atoms with van der Waals surface area (Å²) in [6, 6.07) is 6.26. The van der Waals surface area contributed by atoms with E-state index in [1.54, 1.807) is 23.1 Å². The molecular weight excluding hydrogens is 320 g/mol. The van der Waals surface area contributed by atoms with Crippen molar-refractivity contribution in [2.75, 3.05) is 31.1 Å². The number of nitro groups is 1. The van der Waals surface area contributed by atoms with Crippen LogP contribution < -0.4 is 10.6 Å². The van der Waals surface area contributed by atoms with Crippen molar-refractivity contribution in [2.45, 2.75) is 25.8 Å². The van der Waals surface area contributed by atoms with Crippen molar-refractivity contribution >= 4 is 29.7 Å². The number of nitrogens with zero attached hydrogens (tertiary/aromatic N) is 3. The fraction of sp³-hybridized carbons (Fsp3) is 0.533. The van der Waals surface area contributed by atoms with E-state index in [1.807, 2.05) is 11.8 Å². The summed E-state index contributed by atoms with van der Waals surface area (Å²) in [6.07, 6.45) is 1.56. The molecule has 7 nitrogen and oxygen atoms in total. The molecule has 2 rings (SSSR count). The zero-order valence-corrected chi connectivity index (χ0v) is 14.0. The Morgan fingerprint density at radius 3 is 2.48 bits per heavy atom. The molecule has 1 unspecified atom stereocenters. The predicted molar refractivity (Wildman–Crippen MR) is 92.0 cm³/mol. The van der Waals surface area contributed by atoms with Gasteiger partial charge in [-0.2, -0.15) is 0 Å². The van der Waals surface area contributed by atoms with Gasteiger partial charge in [-0.05, 0) is 12.5 Å². The van der Waals surface area contributed by atoms with Gasteiger partial charge in [0.15, 0.2) is 0 Å². The summed E-state index contributed by atoms with van der Waals surface area (Å²) in [5.74, 6) is -0.0240.